The van der Waals surface area contributed by atoms with Gasteiger partial charge in [-0.3, -0.25) is 4.79 Å². The molecule has 0 saturated carbocycles. The third kappa shape index (κ3) is 2.78. The molecule has 2 aromatic rings. The fraction of sp³-hybridized carbons (Fsp3) is 0.357. The van der Waals surface area contributed by atoms with Crippen LogP contribution in [0.3, 0.4) is 0 Å². The van der Waals surface area contributed by atoms with Crippen molar-refractivity contribution in [1.82, 2.24) is 10.3 Å². The van der Waals surface area contributed by atoms with E-state index in [1.807, 2.05) is 32.0 Å². The van der Waals surface area contributed by atoms with Gasteiger partial charge >= 0.3 is 0 Å². The van der Waals surface area contributed by atoms with Crippen LogP contribution in [0, 0.1) is 0 Å². The van der Waals surface area contributed by atoms with E-state index >= 15 is 0 Å². The van der Waals surface area contributed by atoms with Crippen LogP contribution < -0.4 is 10.9 Å². The van der Waals surface area contributed by atoms with Crippen molar-refractivity contribution >= 4 is 10.9 Å². The van der Waals surface area contributed by atoms with Crippen LogP contribution in [0.4, 0.5) is 0 Å². The van der Waals surface area contributed by atoms with E-state index in [1.165, 1.54) is 6.07 Å². The second kappa shape index (κ2) is 5.33. The molecule has 1 aromatic carbocycles. The van der Waals surface area contributed by atoms with E-state index in [-0.39, 0.29) is 5.56 Å². The summed E-state index contributed by atoms with van der Waals surface area (Å²) in [6.45, 7) is 4.57. The molecule has 0 spiro atoms. The molecule has 96 valence electrons. The maximum absolute atomic E-state index is 11.2. The Morgan fingerprint density at radius 3 is 2.78 bits per heavy atom. The molecule has 4 heteroatoms. The minimum atomic E-state index is -0.581. The zero-order valence-corrected chi connectivity index (χ0v) is 10.6. The summed E-state index contributed by atoms with van der Waals surface area (Å²) in [6, 6.07) is 9.12. The highest BCUT2D eigenvalue weighted by atomic mass is 16.3. The molecule has 4 nitrogen and oxygen atoms in total. The van der Waals surface area contributed by atoms with Crippen molar-refractivity contribution in [2.24, 2.45) is 0 Å². The second-order valence-corrected chi connectivity index (χ2v) is 4.71. The number of aliphatic hydroxyl groups is 1. The van der Waals surface area contributed by atoms with E-state index in [0.717, 1.165) is 16.5 Å². The lowest BCUT2D eigenvalue weighted by Gasteiger charge is -2.16. The number of benzene rings is 1. The summed E-state index contributed by atoms with van der Waals surface area (Å²) in [7, 11) is 0. The number of rotatable bonds is 4. The number of hydrogen-bond donors (Lipinski definition) is 3. The van der Waals surface area contributed by atoms with Crippen LogP contribution in [0.1, 0.15) is 25.5 Å². The fourth-order valence-corrected chi connectivity index (χ4v) is 1.96. The lowest BCUT2D eigenvalue weighted by molar-refractivity contribution is 0.173. The molecule has 0 bridgehead atoms. The molecule has 1 atom stereocenters. The Morgan fingerprint density at radius 2 is 2.06 bits per heavy atom. The van der Waals surface area contributed by atoms with E-state index in [1.54, 1.807) is 6.07 Å². The number of aliphatic hydroxyl groups excluding tert-OH is 1. The molecule has 0 amide bonds. The Morgan fingerprint density at radius 1 is 1.28 bits per heavy atom. The van der Waals surface area contributed by atoms with Crippen LogP contribution in [0.5, 0.6) is 0 Å². The molecular weight excluding hydrogens is 228 g/mol. The predicted molar refractivity (Wildman–Crippen MR) is 72.7 cm³/mol. The van der Waals surface area contributed by atoms with Crippen LogP contribution in [0.15, 0.2) is 35.1 Å². The summed E-state index contributed by atoms with van der Waals surface area (Å²) in [5.74, 6) is 0. The predicted octanol–water partition coefficient (Wildman–Crippen LogP) is 1.56. The Bertz CT molecular complexity index is 590. The van der Waals surface area contributed by atoms with Gasteiger partial charge in [-0.25, -0.2) is 0 Å². The number of H-pyrrole nitrogens is 1. The van der Waals surface area contributed by atoms with Crippen molar-refractivity contribution in [1.29, 1.82) is 0 Å². The summed E-state index contributed by atoms with van der Waals surface area (Å²) >= 11 is 0. The van der Waals surface area contributed by atoms with Crippen molar-refractivity contribution in [2.75, 3.05) is 6.54 Å². The molecule has 0 aliphatic heterocycles. The second-order valence-electron chi connectivity index (χ2n) is 4.71. The van der Waals surface area contributed by atoms with Gasteiger partial charge in [0.25, 0.3) is 0 Å². The smallest absolute Gasteiger partial charge is 0.248 e. The first-order valence-electron chi connectivity index (χ1n) is 6.11. The Hall–Kier alpha value is -1.65. The first-order chi connectivity index (χ1) is 8.58. The zero-order valence-electron chi connectivity index (χ0n) is 10.6. The first kappa shape index (κ1) is 12.8. The van der Waals surface area contributed by atoms with Crippen LogP contribution >= 0.6 is 0 Å². The van der Waals surface area contributed by atoms with Gasteiger partial charge in [0.05, 0.1) is 6.10 Å². The number of fused-ring (bicyclic) bond motifs is 1. The van der Waals surface area contributed by atoms with Crippen molar-refractivity contribution < 1.29 is 5.11 Å². The summed E-state index contributed by atoms with van der Waals surface area (Å²) in [6.07, 6.45) is -0.581. The Balaban J connectivity index is 2.35. The third-order valence-corrected chi connectivity index (χ3v) is 2.88. The van der Waals surface area contributed by atoms with Crippen LogP contribution in [0.25, 0.3) is 10.9 Å². The largest absolute Gasteiger partial charge is 0.387 e. The topological polar surface area (TPSA) is 65.1 Å². The van der Waals surface area contributed by atoms with Crippen molar-refractivity contribution in [2.45, 2.75) is 26.0 Å². The van der Waals surface area contributed by atoms with Gasteiger partial charge in [-0.1, -0.05) is 26.0 Å². The molecule has 1 aromatic heterocycles. The summed E-state index contributed by atoms with van der Waals surface area (Å²) in [4.78, 5) is 14.0. The van der Waals surface area contributed by atoms with Gasteiger partial charge in [0.15, 0.2) is 0 Å². The molecule has 0 fully saturated rings. The van der Waals surface area contributed by atoms with Gasteiger partial charge in [0.1, 0.15) is 0 Å². The van der Waals surface area contributed by atoms with Crippen molar-refractivity contribution in [3.05, 3.63) is 46.2 Å². The van der Waals surface area contributed by atoms with E-state index in [2.05, 4.69) is 10.3 Å². The molecule has 0 aliphatic rings. The van der Waals surface area contributed by atoms with Crippen LogP contribution in [-0.2, 0) is 0 Å². The minimum absolute atomic E-state index is 0.130. The summed E-state index contributed by atoms with van der Waals surface area (Å²) < 4.78 is 0. The highest BCUT2D eigenvalue weighted by molar-refractivity contribution is 5.82. The maximum Gasteiger partial charge on any atom is 0.248 e. The van der Waals surface area contributed by atoms with Gasteiger partial charge in [-0.15, -0.1) is 0 Å². The van der Waals surface area contributed by atoms with Crippen molar-refractivity contribution in [3.63, 3.8) is 0 Å². The molecule has 2 rings (SSSR count). The molecule has 0 unspecified atom stereocenters. The molecule has 3 N–H and O–H groups in total. The molecule has 1 heterocycles. The average Bonchev–Trinajstić information content (AvgIpc) is 2.34. The van der Waals surface area contributed by atoms with E-state index in [4.69, 9.17) is 0 Å². The van der Waals surface area contributed by atoms with E-state index in [0.29, 0.717) is 12.6 Å². The number of nitrogens with one attached hydrogen (secondary N) is 2. The molecule has 0 aliphatic carbocycles. The Labute approximate surface area is 106 Å². The number of aromatic nitrogens is 1. The lowest BCUT2D eigenvalue weighted by Crippen LogP contribution is -2.28. The van der Waals surface area contributed by atoms with Gasteiger partial charge < -0.3 is 15.4 Å². The normalized spacial score (nSPS) is 13.1. The Kier molecular flexibility index (Phi) is 3.79. The third-order valence-electron chi connectivity index (χ3n) is 2.88. The molecule has 18 heavy (non-hydrogen) atoms. The van der Waals surface area contributed by atoms with Crippen LogP contribution in [-0.4, -0.2) is 22.7 Å². The minimum Gasteiger partial charge on any atom is -0.387 e. The van der Waals surface area contributed by atoms with Gasteiger partial charge in [0.2, 0.25) is 5.56 Å². The van der Waals surface area contributed by atoms with Gasteiger partial charge in [-0.2, -0.15) is 0 Å². The fourth-order valence-electron chi connectivity index (χ4n) is 1.96. The van der Waals surface area contributed by atoms with Gasteiger partial charge in [0, 0.05) is 29.6 Å². The quantitative estimate of drug-likeness (QED) is 0.767. The maximum atomic E-state index is 11.2. The summed E-state index contributed by atoms with van der Waals surface area (Å²) in [5, 5.41) is 14.3. The van der Waals surface area contributed by atoms with Crippen LogP contribution in [0.2, 0.25) is 0 Å². The van der Waals surface area contributed by atoms with Crippen molar-refractivity contribution in [3.8, 4) is 0 Å². The monoisotopic (exact) mass is 246 g/mol. The van der Waals surface area contributed by atoms with E-state index < -0.39 is 6.10 Å². The standard InChI is InChI=1S/C14H18N2O2/c1-9(2)15-8-13(17)11-4-3-5-12-10(11)6-7-14(18)16-12/h3-7,9,13,15,17H,8H2,1-2H3,(H,16,18)/t13-/m0/s1. The summed E-state index contributed by atoms with van der Waals surface area (Å²) in [5.41, 5.74) is 1.45. The molecule has 0 radical (unpaired) electrons. The highest BCUT2D eigenvalue weighted by Gasteiger charge is 2.11. The number of hydrogen-bond acceptors (Lipinski definition) is 3. The molecular formula is C14H18N2O2. The first-order valence-corrected chi connectivity index (χ1v) is 6.11. The lowest BCUT2D eigenvalue weighted by atomic mass is 10.0. The average molecular weight is 246 g/mol. The SMILES string of the molecule is CC(C)NC[C@H](O)c1cccc2[nH]c(=O)ccc12. The van der Waals surface area contributed by atoms with Gasteiger partial charge in [-0.05, 0) is 17.7 Å². The zero-order chi connectivity index (χ0) is 13.1. The van der Waals surface area contributed by atoms with E-state index in [9.17, 15) is 9.90 Å². The number of pyridine rings is 1. The molecule has 0 saturated heterocycles. The number of aromatic amines is 1. The highest BCUT2D eigenvalue weighted by Crippen LogP contribution is 2.21.